The molecule has 1 aromatic rings. The van der Waals surface area contributed by atoms with E-state index >= 15 is 0 Å². The summed E-state index contributed by atoms with van der Waals surface area (Å²) in [7, 11) is 0. The zero-order chi connectivity index (χ0) is 10.5. The van der Waals surface area contributed by atoms with Crippen LogP contribution in [0.4, 0.5) is 0 Å². The number of halogens is 1. The lowest BCUT2D eigenvalue weighted by Gasteiger charge is -2.26. The summed E-state index contributed by atoms with van der Waals surface area (Å²) in [4.78, 5) is 0. The van der Waals surface area contributed by atoms with Crippen molar-refractivity contribution in [3.63, 3.8) is 0 Å². The fraction of sp³-hybridized carbons (Fsp3) is 0.500. The van der Waals surface area contributed by atoms with Gasteiger partial charge < -0.3 is 4.74 Å². The predicted octanol–water partition coefficient (Wildman–Crippen LogP) is 2.93. The van der Waals surface area contributed by atoms with Gasteiger partial charge in [-0.05, 0) is 42.7 Å². The van der Waals surface area contributed by atoms with E-state index in [1.54, 1.807) is 0 Å². The van der Waals surface area contributed by atoms with Crippen molar-refractivity contribution in [3.05, 3.63) is 30.3 Å². The normalized spacial score (nSPS) is 19.0. The van der Waals surface area contributed by atoms with Crippen LogP contribution >= 0.6 is 11.8 Å². The number of piperidine rings is 1. The van der Waals surface area contributed by atoms with Crippen LogP contribution in [-0.2, 0) is 0 Å². The minimum absolute atomic E-state index is 0.653. The molecular formula is C12H16ClNO. The van der Waals surface area contributed by atoms with Crippen LogP contribution < -0.4 is 4.74 Å². The van der Waals surface area contributed by atoms with Crippen LogP contribution in [0, 0.1) is 5.92 Å². The van der Waals surface area contributed by atoms with Gasteiger partial charge in [-0.3, -0.25) is 0 Å². The van der Waals surface area contributed by atoms with Gasteiger partial charge in [0, 0.05) is 13.1 Å². The van der Waals surface area contributed by atoms with E-state index in [9.17, 15) is 0 Å². The van der Waals surface area contributed by atoms with Crippen LogP contribution in [0.1, 0.15) is 12.8 Å². The zero-order valence-electron chi connectivity index (χ0n) is 8.73. The van der Waals surface area contributed by atoms with E-state index in [-0.39, 0.29) is 0 Å². The smallest absolute Gasteiger partial charge is 0.119 e. The van der Waals surface area contributed by atoms with Crippen molar-refractivity contribution >= 4 is 11.8 Å². The minimum Gasteiger partial charge on any atom is -0.493 e. The van der Waals surface area contributed by atoms with Crippen LogP contribution in [0.15, 0.2) is 30.3 Å². The molecule has 0 bridgehead atoms. The second-order valence-electron chi connectivity index (χ2n) is 3.98. The highest BCUT2D eigenvalue weighted by Gasteiger charge is 2.18. The van der Waals surface area contributed by atoms with E-state index < -0.39 is 0 Å². The molecule has 0 saturated carbocycles. The summed E-state index contributed by atoms with van der Waals surface area (Å²) in [6, 6.07) is 9.99. The molecule has 82 valence electrons. The fourth-order valence-corrected chi connectivity index (χ4v) is 1.99. The Balaban J connectivity index is 1.74. The molecule has 1 heterocycles. The quantitative estimate of drug-likeness (QED) is 0.734. The number of hydrogen-bond acceptors (Lipinski definition) is 2. The predicted molar refractivity (Wildman–Crippen MR) is 62.1 cm³/mol. The number of ether oxygens (including phenoxy) is 1. The second kappa shape index (κ2) is 5.38. The molecule has 15 heavy (non-hydrogen) atoms. The molecule has 1 aliphatic rings. The van der Waals surface area contributed by atoms with Gasteiger partial charge in [0.05, 0.1) is 6.61 Å². The van der Waals surface area contributed by atoms with E-state index in [4.69, 9.17) is 16.5 Å². The molecule has 2 rings (SSSR count). The number of benzene rings is 1. The first-order valence-corrected chi connectivity index (χ1v) is 5.77. The van der Waals surface area contributed by atoms with Gasteiger partial charge in [-0.2, -0.15) is 0 Å². The summed E-state index contributed by atoms with van der Waals surface area (Å²) < 4.78 is 7.58. The van der Waals surface area contributed by atoms with Gasteiger partial charge in [0.15, 0.2) is 0 Å². The topological polar surface area (TPSA) is 12.5 Å². The van der Waals surface area contributed by atoms with E-state index in [1.165, 1.54) is 0 Å². The third-order valence-electron chi connectivity index (χ3n) is 2.79. The molecular weight excluding hydrogens is 210 g/mol. The van der Waals surface area contributed by atoms with Crippen LogP contribution in [-0.4, -0.2) is 24.1 Å². The van der Waals surface area contributed by atoms with Gasteiger partial charge in [0.2, 0.25) is 0 Å². The molecule has 1 saturated heterocycles. The summed E-state index contributed by atoms with van der Waals surface area (Å²) in [5.41, 5.74) is 0. The average Bonchev–Trinajstić information content (AvgIpc) is 2.30. The zero-order valence-corrected chi connectivity index (χ0v) is 9.49. The fourth-order valence-electron chi connectivity index (χ4n) is 1.80. The van der Waals surface area contributed by atoms with Gasteiger partial charge in [0.1, 0.15) is 5.75 Å². The molecule has 0 spiro atoms. The molecule has 1 aromatic carbocycles. The average molecular weight is 226 g/mol. The van der Waals surface area contributed by atoms with Crippen LogP contribution in [0.3, 0.4) is 0 Å². The maximum Gasteiger partial charge on any atom is 0.119 e. The number of nitrogens with zero attached hydrogens (tertiary/aromatic N) is 1. The number of hydrogen-bond donors (Lipinski definition) is 0. The Kier molecular flexibility index (Phi) is 3.87. The highest BCUT2D eigenvalue weighted by Crippen LogP contribution is 2.19. The molecule has 1 fully saturated rings. The van der Waals surface area contributed by atoms with Crippen LogP contribution in [0.25, 0.3) is 0 Å². The van der Waals surface area contributed by atoms with E-state index in [2.05, 4.69) is 0 Å². The maximum atomic E-state index is 5.89. The molecule has 0 atom stereocenters. The first-order valence-electron chi connectivity index (χ1n) is 5.43. The van der Waals surface area contributed by atoms with Crippen molar-refractivity contribution in [3.8, 4) is 5.75 Å². The molecule has 1 aliphatic heterocycles. The monoisotopic (exact) mass is 225 g/mol. The van der Waals surface area contributed by atoms with Crippen molar-refractivity contribution in [2.24, 2.45) is 5.92 Å². The third kappa shape index (κ3) is 3.40. The van der Waals surface area contributed by atoms with Gasteiger partial charge in [-0.15, -0.1) is 0 Å². The Morgan fingerprint density at radius 3 is 2.53 bits per heavy atom. The molecule has 0 radical (unpaired) electrons. The third-order valence-corrected chi connectivity index (χ3v) is 3.13. The summed E-state index contributed by atoms with van der Waals surface area (Å²) in [6.45, 7) is 2.77. The number of para-hydroxylation sites is 1. The summed E-state index contributed by atoms with van der Waals surface area (Å²) >= 11 is 5.89. The van der Waals surface area contributed by atoms with Crippen LogP contribution in [0.2, 0.25) is 0 Å². The lowest BCUT2D eigenvalue weighted by molar-refractivity contribution is 0.187. The van der Waals surface area contributed by atoms with Crippen molar-refractivity contribution < 1.29 is 4.74 Å². The van der Waals surface area contributed by atoms with Crippen molar-refractivity contribution in [2.45, 2.75) is 12.8 Å². The highest BCUT2D eigenvalue weighted by molar-refractivity contribution is 6.13. The molecule has 0 unspecified atom stereocenters. The van der Waals surface area contributed by atoms with Crippen molar-refractivity contribution in [1.29, 1.82) is 0 Å². The molecule has 0 aromatic heterocycles. The summed E-state index contributed by atoms with van der Waals surface area (Å²) in [6.07, 6.45) is 2.27. The largest absolute Gasteiger partial charge is 0.493 e. The SMILES string of the molecule is ClN1CCC(COc2ccccc2)CC1. The Morgan fingerprint density at radius 1 is 1.20 bits per heavy atom. The van der Waals surface area contributed by atoms with Gasteiger partial charge in [0.25, 0.3) is 0 Å². The standard InChI is InChI=1S/C12H16ClNO/c13-14-8-6-11(7-9-14)10-15-12-4-2-1-3-5-12/h1-5,11H,6-10H2. The second-order valence-corrected chi connectivity index (χ2v) is 4.46. The number of rotatable bonds is 3. The highest BCUT2D eigenvalue weighted by atomic mass is 35.5. The molecule has 3 heteroatoms. The minimum atomic E-state index is 0.653. The Labute approximate surface area is 95.9 Å². The molecule has 0 aliphatic carbocycles. The van der Waals surface area contributed by atoms with Gasteiger partial charge >= 0.3 is 0 Å². The summed E-state index contributed by atoms with van der Waals surface area (Å²) in [5, 5.41) is 0. The summed E-state index contributed by atoms with van der Waals surface area (Å²) in [5.74, 6) is 1.62. The van der Waals surface area contributed by atoms with E-state index in [0.717, 1.165) is 38.3 Å². The van der Waals surface area contributed by atoms with E-state index in [0.29, 0.717) is 5.92 Å². The first kappa shape index (κ1) is 10.8. The maximum absolute atomic E-state index is 5.89. The Morgan fingerprint density at radius 2 is 1.87 bits per heavy atom. The van der Waals surface area contributed by atoms with Gasteiger partial charge in [-0.1, -0.05) is 18.2 Å². The van der Waals surface area contributed by atoms with Gasteiger partial charge in [-0.25, -0.2) is 4.42 Å². The molecule has 0 N–H and O–H groups in total. The van der Waals surface area contributed by atoms with Crippen molar-refractivity contribution in [2.75, 3.05) is 19.7 Å². The van der Waals surface area contributed by atoms with E-state index in [1.807, 2.05) is 34.8 Å². The van der Waals surface area contributed by atoms with Crippen LogP contribution in [0.5, 0.6) is 5.75 Å². The van der Waals surface area contributed by atoms with Crippen molar-refractivity contribution in [1.82, 2.24) is 4.42 Å². The first-order chi connectivity index (χ1) is 7.34. The lowest BCUT2D eigenvalue weighted by atomic mass is 9.99. The Hall–Kier alpha value is -0.730. The Bertz CT molecular complexity index is 283. The lowest BCUT2D eigenvalue weighted by Crippen LogP contribution is -2.29. The molecule has 2 nitrogen and oxygen atoms in total. The molecule has 0 amide bonds.